The highest BCUT2D eigenvalue weighted by Crippen LogP contribution is 2.13. The van der Waals surface area contributed by atoms with Crippen molar-refractivity contribution < 1.29 is 33.4 Å². The van der Waals surface area contributed by atoms with E-state index in [1.165, 1.54) is 115 Å². The predicted octanol–water partition coefficient (Wildman–Crippen LogP) is 2.79. The summed E-state index contributed by atoms with van der Waals surface area (Å²) in [7, 11) is -4.94. The molecule has 0 aliphatic carbocycles. The lowest BCUT2D eigenvalue weighted by Gasteiger charge is -2.17. The Morgan fingerprint density at radius 2 is 0.900 bits per heavy atom. The van der Waals surface area contributed by atoms with E-state index in [0.29, 0.717) is 0 Å². The Labute approximate surface area is 186 Å². The van der Waals surface area contributed by atoms with E-state index in [9.17, 15) is 0 Å². The average Bonchev–Trinajstić information content (AvgIpc) is 2.68. The minimum Gasteiger partial charge on any atom is -0.222 e. The molecular weight excluding hydrogens is 402 g/mol. The van der Waals surface area contributed by atoms with Crippen LogP contribution in [0.3, 0.4) is 0 Å². The second-order valence-electron chi connectivity index (χ2n) is 8.29. The third kappa shape index (κ3) is 25.3. The maximum atomic E-state index is 8.49. The van der Waals surface area contributed by atoms with Gasteiger partial charge in [-0.05, 0) is 18.9 Å². The Morgan fingerprint density at radius 3 is 1.23 bits per heavy atom. The Morgan fingerprint density at radius 1 is 0.600 bits per heavy atom. The second-order valence-corrected chi connectivity index (χ2v) is 9.05. The molecular formula is C24H44ClNO4. The Balaban J connectivity index is 0.00000150. The number of pyridine rings is 1. The zero-order chi connectivity index (χ0) is 22.5. The molecule has 0 radical (unpaired) electrons. The van der Waals surface area contributed by atoms with Crippen molar-refractivity contribution in [1.29, 1.82) is 0 Å². The van der Waals surface area contributed by atoms with Gasteiger partial charge in [0.1, 0.15) is 6.54 Å². The average molecular weight is 446 g/mol. The summed E-state index contributed by atoms with van der Waals surface area (Å²) in [5, 5.41) is 0. The normalized spacial score (nSPS) is 11.3. The number of aryl methyl sites for hydroxylation is 2. The molecule has 0 aromatic carbocycles. The molecule has 30 heavy (non-hydrogen) atoms. The number of rotatable bonds is 17. The largest absolute Gasteiger partial charge is 0.222 e. The summed E-state index contributed by atoms with van der Waals surface area (Å²) in [6.07, 6.45) is 27.5. The lowest BCUT2D eigenvalue weighted by atomic mass is 10.0. The van der Waals surface area contributed by atoms with Crippen molar-refractivity contribution in [2.24, 2.45) is 0 Å². The maximum absolute atomic E-state index is 8.49. The van der Waals surface area contributed by atoms with Crippen molar-refractivity contribution >= 4 is 0 Å². The van der Waals surface area contributed by atoms with E-state index in [0.717, 1.165) is 0 Å². The van der Waals surface area contributed by atoms with Gasteiger partial charge in [0.25, 0.3) is 0 Å². The molecule has 1 aromatic rings. The molecule has 0 atom stereocenters. The summed E-state index contributed by atoms with van der Waals surface area (Å²) < 4.78 is 36.3. The molecule has 0 amide bonds. The zero-order valence-corrected chi connectivity index (χ0v) is 20.0. The number of halogens is 1. The highest BCUT2D eigenvalue weighted by molar-refractivity contribution is 5.03. The summed E-state index contributed by atoms with van der Waals surface area (Å²) in [4.78, 5) is 0. The van der Waals surface area contributed by atoms with Gasteiger partial charge in [-0.1, -0.05) is 96.8 Å². The van der Waals surface area contributed by atoms with Crippen LogP contribution in [-0.2, 0) is 6.54 Å². The fourth-order valence-electron chi connectivity index (χ4n) is 3.52. The topological polar surface area (TPSA) is 96.1 Å². The fourth-order valence-corrected chi connectivity index (χ4v) is 3.52. The first-order valence-corrected chi connectivity index (χ1v) is 13.1. The minimum atomic E-state index is -4.94. The van der Waals surface area contributed by atoms with Crippen LogP contribution in [0.1, 0.15) is 115 Å². The van der Waals surface area contributed by atoms with Gasteiger partial charge in [-0.2, -0.15) is 0 Å². The van der Waals surface area contributed by atoms with Crippen LogP contribution in [0.15, 0.2) is 24.5 Å². The summed E-state index contributed by atoms with van der Waals surface area (Å²) in [5.74, 6) is 0. The summed E-state index contributed by atoms with van der Waals surface area (Å²) in [5.41, 5.74) is 1.35. The first-order chi connectivity index (χ1) is 14.3. The van der Waals surface area contributed by atoms with Gasteiger partial charge < -0.3 is 0 Å². The number of unbranched alkanes of at least 4 members (excludes halogenated alkanes) is 15. The monoisotopic (exact) mass is 445 g/mol. The Hall–Kier alpha value is -0.720. The third-order valence-corrected chi connectivity index (χ3v) is 5.33. The van der Waals surface area contributed by atoms with Crippen molar-refractivity contribution in [2.75, 3.05) is 0 Å². The van der Waals surface area contributed by atoms with Crippen LogP contribution < -0.4 is 23.2 Å². The molecule has 0 spiro atoms. The first-order valence-electron chi connectivity index (χ1n) is 11.9. The van der Waals surface area contributed by atoms with Crippen molar-refractivity contribution in [3.05, 3.63) is 30.1 Å². The number of hydrogen-bond donors (Lipinski definition) is 0. The molecule has 1 heterocycles. The van der Waals surface area contributed by atoms with E-state index >= 15 is 0 Å². The SMILES string of the molecule is CCCCCCCCCCCCCCCCCC[n+]1ccc(C)cc1.[O-][Cl+3]([O-])([O-])[O-]. The van der Waals surface area contributed by atoms with E-state index < -0.39 is 10.2 Å². The highest BCUT2D eigenvalue weighted by Gasteiger charge is 1.99. The first kappa shape index (κ1) is 29.3. The molecule has 0 aliphatic rings. The summed E-state index contributed by atoms with van der Waals surface area (Å²) in [6, 6.07) is 4.40. The zero-order valence-electron chi connectivity index (χ0n) is 19.3. The molecule has 0 unspecified atom stereocenters. The molecule has 0 saturated heterocycles. The molecule has 1 aromatic heterocycles. The second kappa shape index (κ2) is 20.2. The van der Waals surface area contributed by atoms with E-state index in [2.05, 4.69) is 42.9 Å². The van der Waals surface area contributed by atoms with Gasteiger partial charge in [0.15, 0.2) is 12.4 Å². The van der Waals surface area contributed by atoms with Crippen LogP contribution >= 0.6 is 0 Å². The summed E-state index contributed by atoms with van der Waals surface area (Å²) in [6.45, 7) is 5.63. The molecule has 0 saturated carbocycles. The predicted molar refractivity (Wildman–Crippen MR) is 111 cm³/mol. The van der Waals surface area contributed by atoms with Crippen LogP contribution in [0.4, 0.5) is 0 Å². The van der Waals surface area contributed by atoms with Crippen LogP contribution in [0.25, 0.3) is 0 Å². The molecule has 0 bridgehead atoms. The van der Waals surface area contributed by atoms with E-state index in [1.807, 2.05) is 0 Å². The van der Waals surface area contributed by atoms with Crippen molar-refractivity contribution in [3.63, 3.8) is 0 Å². The lowest BCUT2D eigenvalue weighted by Crippen LogP contribution is -2.68. The molecule has 176 valence electrons. The molecule has 0 fully saturated rings. The molecule has 6 heteroatoms. The van der Waals surface area contributed by atoms with E-state index in [-0.39, 0.29) is 0 Å². The van der Waals surface area contributed by atoms with Crippen LogP contribution in [0.5, 0.6) is 0 Å². The van der Waals surface area contributed by atoms with Crippen molar-refractivity contribution in [2.45, 2.75) is 123 Å². The van der Waals surface area contributed by atoms with Gasteiger partial charge >= 0.3 is 0 Å². The van der Waals surface area contributed by atoms with Gasteiger partial charge in [0.05, 0.1) is 0 Å². The van der Waals surface area contributed by atoms with Gasteiger partial charge in [-0.25, -0.2) is 23.2 Å². The van der Waals surface area contributed by atoms with Gasteiger partial charge in [0, 0.05) is 18.6 Å². The maximum Gasteiger partial charge on any atom is 0.169 e. The van der Waals surface area contributed by atoms with Crippen LogP contribution in [-0.4, -0.2) is 0 Å². The van der Waals surface area contributed by atoms with Gasteiger partial charge in [0.2, 0.25) is 0 Å². The van der Waals surface area contributed by atoms with Crippen molar-refractivity contribution in [1.82, 2.24) is 0 Å². The van der Waals surface area contributed by atoms with E-state index in [4.69, 9.17) is 18.6 Å². The summed E-state index contributed by atoms with van der Waals surface area (Å²) >= 11 is 0. The molecule has 0 N–H and O–H groups in total. The smallest absolute Gasteiger partial charge is 0.169 e. The molecule has 0 aliphatic heterocycles. The quantitative estimate of drug-likeness (QED) is 0.272. The lowest BCUT2D eigenvalue weighted by molar-refractivity contribution is -2.00. The Kier molecular flexibility index (Phi) is 19.7. The van der Waals surface area contributed by atoms with Crippen LogP contribution in [0.2, 0.25) is 0 Å². The third-order valence-electron chi connectivity index (χ3n) is 5.33. The highest BCUT2D eigenvalue weighted by atomic mass is 35.7. The van der Waals surface area contributed by atoms with Crippen LogP contribution in [0, 0.1) is 17.2 Å². The molecule has 5 nitrogen and oxygen atoms in total. The van der Waals surface area contributed by atoms with Gasteiger partial charge in [-0.3, -0.25) is 0 Å². The number of hydrogen-bond acceptors (Lipinski definition) is 4. The minimum absolute atomic E-state index is 1.18. The Bertz CT molecular complexity index is 471. The number of aromatic nitrogens is 1. The molecule has 1 rings (SSSR count). The standard InChI is InChI=1S/C24H44N.ClHO4/c1-3-4-5-6-7-8-9-10-11-12-13-14-15-16-17-18-21-25-22-19-24(2)20-23-25;2-1(3,4)5/h19-20,22-23H,3-18,21H2,1-2H3;(H,2,3,4,5)/q+1;/p-1. The van der Waals surface area contributed by atoms with E-state index in [1.54, 1.807) is 0 Å². The van der Waals surface area contributed by atoms with Crippen molar-refractivity contribution in [3.8, 4) is 0 Å². The van der Waals surface area contributed by atoms with Gasteiger partial charge in [-0.15, -0.1) is 10.2 Å². The number of nitrogens with zero attached hydrogens (tertiary/aromatic N) is 1. The fraction of sp³-hybridized carbons (Fsp3) is 0.792.